The number of hydrogen-bond donors (Lipinski definition) is 1. The molecule has 5 heteroatoms. The van der Waals surface area contributed by atoms with Crippen molar-refractivity contribution >= 4 is 23.4 Å². The molecule has 0 spiro atoms. The van der Waals surface area contributed by atoms with Gasteiger partial charge in [0, 0.05) is 23.2 Å². The zero-order valence-electron chi connectivity index (χ0n) is 14.0. The van der Waals surface area contributed by atoms with Crippen molar-refractivity contribution in [1.29, 1.82) is 0 Å². The van der Waals surface area contributed by atoms with Crippen LogP contribution in [0.2, 0.25) is 5.02 Å². The number of hydrogen-bond acceptors (Lipinski definition) is 2. The molecule has 0 aliphatic carbocycles. The van der Waals surface area contributed by atoms with E-state index in [0.717, 1.165) is 25.8 Å². The van der Waals surface area contributed by atoms with E-state index >= 15 is 0 Å². The molecule has 1 aliphatic heterocycles. The molecule has 2 amide bonds. The first kappa shape index (κ1) is 17.5. The van der Waals surface area contributed by atoms with Crippen molar-refractivity contribution < 1.29 is 9.59 Å². The zero-order valence-corrected chi connectivity index (χ0v) is 14.7. The molecule has 2 aromatic rings. The van der Waals surface area contributed by atoms with Crippen LogP contribution in [0.1, 0.15) is 28.8 Å². The Kier molecular flexibility index (Phi) is 5.71. The van der Waals surface area contributed by atoms with E-state index in [0.29, 0.717) is 10.6 Å². The average Bonchev–Trinajstić information content (AvgIpc) is 3.10. The monoisotopic (exact) mass is 356 g/mol. The Morgan fingerprint density at radius 2 is 1.80 bits per heavy atom. The van der Waals surface area contributed by atoms with Crippen LogP contribution in [0.3, 0.4) is 0 Å². The fraction of sp³-hybridized carbons (Fsp3) is 0.300. The van der Waals surface area contributed by atoms with Gasteiger partial charge in [-0.1, -0.05) is 41.9 Å². The Morgan fingerprint density at radius 3 is 2.52 bits per heavy atom. The summed E-state index contributed by atoms with van der Waals surface area (Å²) in [6.07, 6.45) is 2.80. The van der Waals surface area contributed by atoms with Gasteiger partial charge in [-0.25, -0.2) is 0 Å². The van der Waals surface area contributed by atoms with E-state index in [-0.39, 0.29) is 24.4 Å². The second-order valence-corrected chi connectivity index (χ2v) is 6.70. The highest BCUT2D eigenvalue weighted by Crippen LogP contribution is 2.22. The van der Waals surface area contributed by atoms with E-state index in [1.165, 1.54) is 5.56 Å². The molecule has 1 fully saturated rings. The third-order valence-corrected chi connectivity index (χ3v) is 4.77. The summed E-state index contributed by atoms with van der Waals surface area (Å²) in [6, 6.07) is 16.9. The first-order chi connectivity index (χ1) is 12.1. The number of rotatable bonds is 5. The van der Waals surface area contributed by atoms with Gasteiger partial charge in [0.05, 0.1) is 6.54 Å². The summed E-state index contributed by atoms with van der Waals surface area (Å²) in [7, 11) is 0. The van der Waals surface area contributed by atoms with E-state index in [1.807, 2.05) is 35.2 Å². The van der Waals surface area contributed by atoms with Crippen molar-refractivity contribution in [3.63, 3.8) is 0 Å². The van der Waals surface area contributed by atoms with E-state index in [2.05, 4.69) is 5.32 Å². The number of nitrogens with zero attached hydrogens (tertiary/aromatic N) is 1. The number of amides is 2. The van der Waals surface area contributed by atoms with Crippen LogP contribution in [0, 0.1) is 0 Å². The van der Waals surface area contributed by atoms with Gasteiger partial charge < -0.3 is 10.2 Å². The van der Waals surface area contributed by atoms with Gasteiger partial charge in [0.1, 0.15) is 0 Å². The molecule has 0 aromatic heterocycles. The Hall–Kier alpha value is -2.33. The van der Waals surface area contributed by atoms with Crippen LogP contribution < -0.4 is 5.32 Å². The molecule has 3 rings (SSSR count). The van der Waals surface area contributed by atoms with Crippen molar-refractivity contribution in [3.8, 4) is 0 Å². The SMILES string of the molecule is O=C(NCC(=O)N1CCCC1Cc1ccc(Cl)cc1)c1ccccc1. The van der Waals surface area contributed by atoms with Crippen LogP contribution in [0.25, 0.3) is 0 Å². The van der Waals surface area contributed by atoms with E-state index in [9.17, 15) is 9.59 Å². The molecule has 1 aliphatic rings. The topological polar surface area (TPSA) is 49.4 Å². The van der Waals surface area contributed by atoms with Crippen LogP contribution in [-0.2, 0) is 11.2 Å². The van der Waals surface area contributed by atoms with Crippen LogP contribution in [0.4, 0.5) is 0 Å². The van der Waals surface area contributed by atoms with E-state index in [1.54, 1.807) is 24.3 Å². The summed E-state index contributed by atoms with van der Waals surface area (Å²) in [5.41, 5.74) is 1.73. The van der Waals surface area contributed by atoms with Gasteiger partial charge in [0.15, 0.2) is 0 Å². The molecule has 0 bridgehead atoms. The van der Waals surface area contributed by atoms with Crippen molar-refractivity contribution in [2.75, 3.05) is 13.1 Å². The maximum atomic E-state index is 12.5. The number of benzene rings is 2. The van der Waals surface area contributed by atoms with E-state index < -0.39 is 0 Å². The predicted octanol–water partition coefficient (Wildman–Crippen LogP) is 3.30. The molecule has 130 valence electrons. The first-order valence-corrected chi connectivity index (χ1v) is 8.88. The lowest BCUT2D eigenvalue weighted by atomic mass is 10.0. The molecule has 25 heavy (non-hydrogen) atoms. The largest absolute Gasteiger partial charge is 0.343 e. The maximum Gasteiger partial charge on any atom is 0.251 e. The number of nitrogens with one attached hydrogen (secondary N) is 1. The highest BCUT2D eigenvalue weighted by Gasteiger charge is 2.28. The highest BCUT2D eigenvalue weighted by molar-refractivity contribution is 6.30. The molecule has 1 unspecified atom stereocenters. The minimum Gasteiger partial charge on any atom is -0.343 e. The fourth-order valence-corrected chi connectivity index (χ4v) is 3.34. The van der Waals surface area contributed by atoms with Gasteiger partial charge in [-0.2, -0.15) is 0 Å². The predicted molar refractivity (Wildman–Crippen MR) is 98.7 cm³/mol. The Labute approximate surface area is 152 Å². The number of carbonyl (C=O) groups is 2. The van der Waals surface area contributed by atoms with Gasteiger partial charge >= 0.3 is 0 Å². The van der Waals surface area contributed by atoms with Crippen LogP contribution in [-0.4, -0.2) is 35.8 Å². The van der Waals surface area contributed by atoms with Crippen molar-refractivity contribution in [2.24, 2.45) is 0 Å². The van der Waals surface area contributed by atoms with Crippen LogP contribution >= 0.6 is 11.6 Å². The second kappa shape index (κ2) is 8.17. The third-order valence-electron chi connectivity index (χ3n) is 4.52. The Balaban J connectivity index is 1.55. The quantitative estimate of drug-likeness (QED) is 0.893. The molecular weight excluding hydrogens is 336 g/mol. The minimum absolute atomic E-state index is 0.0271. The van der Waals surface area contributed by atoms with Crippen LogP contribution in [0.15, 0.2) is 54.6 Å². The molecule has 4 nitrogen and oxygen atoms in total. The highest BCUT2D eigenvalue weighted by atomic mass is 35.5. The summed E-state index contributed by atoms with van der Waals surface area (Å²) in [4.78, 5) is 26.5. The summed E-state index contributed by atoms with van der Waals surface area (Å²) in [5, 5.41) is 3.43. The lowest BCUT2D eigenvalue weighted by Crippen LogP contribution is -2.43. The number of carbonyl (C=O) groups excluding carboxylic acids is 2. The number of halogens is 1. The summed E-state index contributed by atoms with van der Waals surface area (Å²) >= 11 is 5.92. The summed E-state index contributed by atoms with van der Waals surface area (Å²) in [6.45, 7) is 0.781. The number of likely N-dealkylation sites (tertiary alicyclic amines) is 1. The van der Waals surface area contributed by atoms with Gasteiger partial charge in [0.2, 0.25) is 5.91 Å². The zero-order chi connectivity index (χ0) is 17.6. The maximum absolute atomic E-state index is 12.5. The molecule has 2 aromatic carbocycles. The second-order valence-electron chi connectivity index (χ2n) is 6.26. The summed E-state index contributed by atoms with van der Waals surface area (Å²) < 4.78 is 0. The lowest BCUT2D eigenvalue weighted by molar-refractivity contribution is -0.130. The molecule has 1 atom stereocenters. The van der Waals surface area contributed by atoms with Gasteiger partial charge in [-0.3, -0.25) is 9.59 Å². The Bertz CT molecular complexity index is 731. The van der Waals surface area contributed by atoms with E-state index in [4.69, 9.17) is 11.6 Å². The first-order valence-electron chi connectivity index (χ1n) is 8.50. The van der Waals surface area contributed by atoms with Crippen molar-refractivity contribution in [1.82, 2.24) is 10.2 Å². The smallest absolute Gasteiger partial charge is 0.251 e. The van der Waals surface area contributed by atoms with Gasteiger partial charge in [0.25, 0.3) is 5.91 Å². The van der Waals surface area contributed by atoms with Gasteiger partial charge in [-0.05, 0) is 49.1 Å². The molecule has 1 heterocycles. The standard InChI is InChI=1S/C20H21ClN2O2/c21-17-10-8-15(9-11-17)13-18-7-4-12-23(18)19(24)14-22-20(25)16-5-2-1-3-6-16/h1-3,5-6,8-11,18H,4,7,12-14H2,(H,22,25). The molecule has 0 saturated carbocycles. The molecular formula is C20H21ClN2O2. The molecule has 1 saturated heterocycles. The normalized spacial score (nSPS) is 16.7. The van der Waals surface area contributed by atoms with Crippen molar-refractivity contribution in [2.45, 2.75) is 25.3 Å². The average molecular weight is 357 g/mol. The lowest BCUT2D eigenvalue weighted by Gasteiger charge is -2.25. The molecule has 1 N–H and O–H groups in total. The fourth-order valence-electron chi connectivity index (χ4n) is 3.22. The van der Waals surface area contributed by atoms with Gasteiger partial charge in [-0.15, -0.1) is 0 Å². The van der Waals surface area contributed by atoms with Crippen LogP contribution in [0.5, 0.6) is 0 Å². The van der Waals surface area contributed by atoms with Crippen molar-refractivity contribution in [3.05, 3.63) is 70.7 Å². The minimum atomic E-state index is -0.220. The summed E-state index contributed by atoms with van der Waals surface area (Å²) in [5.74, 6) is -0.247. The third kappa shape index (κ3) is 4.60. The Morgan fingerprint density at radius 1 is 1.08 bits per heavy atom. The molecule has 0 radical (unpaired) electrons.